The van der Waals surface area contributed by atoms with Crippen molar-refractivity contribution >= 4 is 28.4 Å². The predicted molar refractivity (Wildman–Crippen MR) is 74.0 cm³/mol. The van der Waals surface area contributed by atoms with Crippen LogP contribution in [0.1, 0.15) is 23.7 Å². The number of halogens is 1. The third-order valence-electron chi connectivity index (χ3n) is 2.78. The Hall–Kier alpha value is -1.61. The maximum Gasteiger partial charge on any atom is 0.251 e. The average Bonchev–Trinajstić information content (AvgIpc) is 2.38. The molecule has 0 spiro atoms. The maximum atomic E-state index is 12.0. The number of carbonyl (C=O) groups excluding carboxylic acids is 1. The summed E-state index contributed by atoms with van der Waals surface area (Å²) in [6.45, 7) is 1.95. The van der Waals surface area contributed by atoms with E-state index in [4.69, 9.17) is 11.6 Å². The van der Waals surface area contributed by atoms with E-state index in [9.17, 15) is 4.79 Å². The van der Waals surface area contributed by atoms with Gasteiger partial charge in [0.2, 0.25) is 0 Å². The van der Waals surface area contributed by atoms with Gasteiger partial charge in [0.05, 0.1) is 5.52 Å². The predicted octanol–water partition coefficient (Wildman–Crippen LogP) is 2.98. The second-order valence-electron chi connectivity index (χ2n) is 4.26. The van der Waals surface area contributed by atoms with Crippen LogP contribution in [-0.4, -0.2) is 22.8 Å². The fourth-order valence-corrected chi connectivity index (χ4v) is 2.09. The molecule has 0 aliphatic heterocycles. The molecule has 1 amide bonds. The van der Waals surface area contributed by atoms with E-state index in [1.54, 1.807) is 12.3 Å². The monoisotopic (exact) mass is 262 g/mol. The van der Waals surface area contributed by atoms with E-state index in [-0.39, 0.29) is 11.9 Å². The van der Waals surface area contributed by atoms with Gasteiger partial charge in [0.25, 0.3) is 5.91 Å². The zero-order valence-electron chi connectivity index (χ0n) is 10.2. The number of hydrogen-bond donors (Lipinski definition) is 1. The average molecular weight is 263 g/mol. The molecule has 1 N–H and O–H groups in total. The molecule has 0 radical (unpaired) electrons. The summed E-state index contributed by atoms with van der Waals surface area (Å²) in [6, 6.07) is 9.39. The van der Waals surface area contributed by atoms with Gasteiger partial charge in [-0.2, -0.15) is 0 Å². The fraction of sp³-hybridized carbons (Fsp3) is 0.286. The first-order valence-corrected chi connectivity index (χ1v) is 6.46. The summed E-state index contributed by atoms with van der Waals surface area (Å²) in [5.74, 6) is 0.474. The highest BCUT2D eigenvalue weighted by Gasteiger charge is 2.09. The minimum atomic E-state index is -0.0710. The topological polar surface area (TPSA) is 42.0 Å². The minimum Gasteiger partial charge on any atom is -0.350 e. The van der Waals surface area contributed by atoms with Crippen molar-refractivity contribution in [3.8, 4) is 0 Å². The summed E-state index contributed by atoms with van der Waals surface area (Å²) in [4.78, 5) is 16.2. The van der Waals surface area contributed by atoms with Crippen LogP contribution in [0.3, 0.4) is 0 Å². The van der Waals surface area contributed by atoms with Crippen LogP contribution in [-0.2, 0) is 0 Å². The molecular weight excluding hydrogens is 248 g/mol. The smallest absolute Gasteiger partial charge is 0.251 e. The molecule has 2 aromatic rings. The third-order valence-corrected chi connectivity index (χ3v) is 3.00. The number of rotatable bonds is 4. The maximum absolute atomic E-state index is 12.0. The van der Waals surface area contributed by atoms with Gasteiger partial charge in [0.15, 0.2) is 0 Å². The minimum absolute atomic E-state index is 0.0710. The molecule has 0 bridgehead atoms. The Labute approximate surface area is 111 Å². The van der Waals surface area contributed by atoms with Gasteiger partial charge in [-0.05, 0) is 37.6 Å². The lowest BCUT2D eigenvalue weighted by atomic mass is 10.1. The molecule has 4 heteroatoms. The molecular formula is C14H15ClN2O. The molecule has 0 fully saturated rings. The van der Waals surface area contributed by atoms with Crippen LogP contribution in [0.2, 0.25) is 0 Å². The molecule has 1 aromatic heterocycles. The quantitative estimate of drug-likeness (QED) is 0.861. The molecule has 1 heterocycles. The van der Waals surface area contributed by atoms with Crippen molar-refractivity contribution < 1.29 is 4.79 Å². The summed E-state index contributed by atoms with van der Waals surface area (Å²) in [6.07, 6.45) is 2.51. The number of fused-ring (bicyclic) bond motifs is 1. The molecule has 1 aromatic carbocycles. The van der Waals surface area contributed by atoms with Gasteiger partial charge >= 0.3 is 0 Å². The van der Waals surface area contributed by atoms with Crippen molar-refractivity contribution in [1.82, 2.24) is 10.3 Å². The van der Waals surface area contributed by atoms with E-state index < -0.39 is 0 Å². The van der Waals surface area contributed by atoms with Crippen LogP contribution in [0.4, 0.5) is 0 Å². The third kappa shape index (κ3) is 2.99. The molecule has 2 rings (SSSR count). The second-order valence-corrected chi connectivity index (χ2v) is 4.64. The van der Waals surface area contributed by atoms with Crippen LogP contribution in [0, 0.1) is 0 Å². The Kier molecular flexibility index (Phi) is 4.15. The first-order chi connectivity index (χ1) is 8.70. The summed E-state index contributed by atoms with van der Waals surface area (Å²) in [5.41, 5.74) is 1.54. The SMILES string of the molecule is CC(CCCl)NC(=O)c1ccc2ncccc2c1. The number of alkyl halides is 1. The molecule has 1 unspecified atom stereocenters. The van der Waals surface area contributed by atoms with Gasteiger partial charge < -0.3 is 5.32 Å². The number of nitrogens with zero attached hydrogens (tertiary/aromatic N) is 1. The van der Waals surface area contributed by atoms with Crippen LogP contribution in [0.15, 0.2) is 36.5 Å². The van der Waals surface area contributed by atoms with Gasteiger partial charge in [-0.3, -0.25) is 9.78 Å². The van der Waals surface area contributed by atoms with Crippen molar-refractivity contribution in [2.45, 2.75) is 19.4 Å². The van der Waals surface area contributed by atoms with Gasteiger partial charge in [0, 0.05) is 29.1 Å². The second kappa shape index (κ2) is 5.83. The number of nitrogens with one attached hydrogen (secondary N) is 1. The number of aromatic nitrogens is 1. The van der Waals surface area contributed by atoms with Crippen LogP contribution in [0.25, 0.3) is 10.9 Å². The van der Waals surface area contributed by atoms with Crippen molar-refractivity contribution in [1.29, 1.82) is 0 Å². The lowest BCUT2D eigenvalue weighted by molar-refractivity contribution is 0.0939. The normalized spacial score (nSPS) is 12.3. The van der Waals surface area contributed by atoms with Gasteiger partial charge in [0.1, 0.15) is 0 Å². The molecule has 3 nitrogen and oxygen atoms in total. The molecule has 94 valence electrons. The molecule has 0 aliphatic carbocycles. The Morgan fingerprint density at radius 3 is 3.06 bits per heavy atom. The summed E-state index contributed by atoms with van der Waals surface area (Å²) in [7, 11) is 0. The Morgan fingerprint density at radius 1 is 1.44 bits per heavy atom. The molecule has 0 saturated carbocycles. The molecule has 0 aliphatic rings. The zero-order chi connectivity index (χ0) is 13.0. The van der Waals surface area contributed by atoms with E-state index in [1.807, 2.05) is 31.2 Å². The van der Waals surface area contributed by atoms with E-state index in [1.165, 1.54) is 0 Å². The van der Waals surface area contributed by atoms with Gasteiger partial charge in [-0.25, -0.2) is 0 Å². The Morgan fingerprint density at radius 2 is 2.28 bits per heavy atom. The van der Waals surface area contributed by atoms with Gasteiger partial charge in [-0.15, -0.1) is 11.6 Å². The number of benzene rings is 1. The standard InChI is InChI=1S/C14H15ClN2O/c1-10(6-7-15)17-14(18)12-4-5-13-11(9-12)3-2-8-16-13/h2-5,8-10H,6-7H2,1H3,(H,17,18). The highest BCUT2D eigenvalue weighted by Crippen LogP contribution is 2.13. The van der Waals surface area contributed by atoms with Crippen LogP contribution < -0.4 is 5.32 Å². The Bertz CT molecular complexity index is 556. The number of amides is 1. The first kappa shape index (κ1) is 12.8. The summed E-state index contributed by atoms with van der Waals surface area (Å²) < 4.78 is 0. The molecule has 18 heavy (non-hydrogen) atoms. The Balaban J connectivity index is 2.17. The van der Waals surface area contributed by atoms with E-state index in [2.05, 4.69) is 10.3 Å². The lowest BCUT2D eigenvalue weighted by Crippen LogP contribution is -2.32. The van der Waals surface area contributed by atoms with E-state index in [0.717, 1.165) is 17.3 Å². The van der Waals surface area contributed by atoms with Gasteiger partial charge in [-0.1, -0.05) is 6.07 Å². The largest absolute Gasteiger partial charge is 0.350 e. The summed E-state index contributed by atoms with van der Waals surface area (Å²) >= 11 is 5.64. The number of carbonyl (C=O) groups is 1. The van der Waals surface area contributed by atoms with Crippen molar-refractivity contribution in [2.75, 3.05) is 5.88 Å². The first-order valence-electron chi connectivity index (χ1n) is 5.92. The fourth-order valence-electron chi connectivity index (χ4n) is 1.76. The molecule has 1 atom stereocenters. The van der Waals surface area contributed by atoms with Crippen LogP contribution >= 0.6 is 11.6 Å². The number of pyridine rings is 1. The van der Waals surface area contributed by atoms with Crippen LogP contribution in [0.5, 0.6) is 0 Å². The highest BCUT2D eigenvalue weighted by molar-refractivity contribution is 6.17. The van der Waals surface area contributed by atoms with Crippen molar-refractivity contribution in [2.24, 2.45) is 0 Å². The summed E-state index contributed by atoms with van der Waals surface area (Å²) in [5, 5.41) is 3.89. The number of hydrogen-bond acceptors (Lipinski definition) is 2. The highest BCUT2D eigenvalue weighted by atomic mass is 35.5. The van der Waals surface area contributed by atoms with E-state index >= 15 is 0 Å². The van der Waals surface area contributed by atoms with E-state index in [0.29, 0.717) is 11.4 Å². The lowest BCUT2D eigenvalue weighted by Gasteiger charge is -2.12. The van der Waals surface area contributed by atoms with Crippen molar-refractivity contribution in [3.05, 3.63) is 42.1 Å². The molecule has 0 saturated heterocycles. The zero-order valence-corrected chi connectivity index (χ0v) is 10.9. The van der Waals surface area contributed by atoms with Crippen molar-refractivity contribution in [3.63, 3.8) is 0 Å².